The van der Waals surface area contributed by atoms with E-state index in [0.717, 1.165) is 0 Å². The number of ether oxygens (including phenoxy) is 2. The molecule has 0 fully saturated rings. The van der Waals surface area contributed by atoms with Crippen LogP contribution in [0.4, 0.5) is 0 Å². The predicted molar refractivity (Wildman–Crippen MR) is 54.3 cm³/mol. The van der Waals surface area contributed by atoms with E-state index in [1.807, 2.05) is 0 Å². The third kappa shape index (κ3) is 5.30. The van der Waals surface area contributed by atoms with Gasteiger partial charge >= 0.3 is 11.9 Å². The monoisotopic (exact) mass is 232 g/mol. The molecular weight excluding hydrogens is 216 g/mol. The van der Waals surface area contributed by atoms with Crippen LogP contribution in [0.3, 0.4) is 0 Å². The van der Waals surface area contributed by atoms with Gasteiger partial charge in [0.1, 0.15) is 6.54 Å². The Hall–Kier alpha value is -1.63. The summed E-state index contributed by atoms with van der Waals surface area (Å²) in [4.78, 5) is 33.1. The Morgan fingerprint density at radius 3 is 2.25 bits per heavy atom. The second-order valence-electron chi connectivity index (χ2n) is 2.75. The zero-order valence-corrected chi connectivity index (χ0v) is 9.32. The summed E-state index contributed by atoms with van der Waals surface area (Å²) in [5, 5.41) is 2.17. The first-order valence-corrected chi connectivity index (χ1v) is 4.88. The lowest BCUT2D eigenvalue weighted by Gasteiger charge is -2.10. The van der Waals surface area contributed by atoms with E-state index < -0.39 is 23.9 Å². The second-order valence-corrected chi connectivity index (χ2v) is 2.75. The molecule has 0 aliphatic carbocycles. The molecule has 0 spiro atoms. The molecule has 7 heteroatoms. The molecule has 7 nitrogen and oxygen atoms in total. The first kappa shape index (κ1) is 14.4. The maximum Gasteiger partial charge on any atom is 0.332 e. The van der Waals surface area contributed by atoms with Gasteiger partial charge in [0.2, 0.25) is 5.91 Å². The fourth-order valence-electron chi connectivity index (χ4n) is 0.820. The Balaban J connectivity index is 3.96. The van der Waals surface area contributed by atoms with Crippen LogP contribution in [-0.2, 0) is 23.9 Å². The Labute approximate surface area is 93.3 Å². The van der Waals surface area contributed by atoms with Crippen LogP contribution in [0.25, 0.3) is 0 Å². The topological polar surface area (TPSA) is 108 Å². The molecule has 0 aliphatic heterocycles. The molecule has 0 saturated carbocycles. The maximum absolute atomic E-state index is 11.2. The number of hydrogen-bond acceptors (Lipinski definition) is 6. The first-order valence-electron chi connectivity index (χ1n) is 4.88. The number of nitrogens with two attached hydrogens (primary N) is 1. The maximum atomic E-state index is 11.2. The molecule has 0 aromatic rings. The van der Waals surface area contributed by atoms with Crippen molar-refractivity contribution >= 4 is 17.8 Å². The van der Waals surface area contributed by atoms with Crippen LogP contribution in [0.5, 0.6) is 0 Å². The summed E-state index contributed by atoms with van der Waals surface area (Å²) in [6, 6.07) is -1.42. The van der Waals surface area contributed by atoms with E-state index in [1.165, 1.54) is 0 Å². The average Bonchev–Trinajstić information content (AvgIpc) is 2.25. The normalized spacial score (nSPS) is 11.4. The summed E-state index contributed by atoms with van der Waals surface area (Å²) < 4.78 is 9.11. The lowest BCUT2D eigenvalue weighted by Crippen LogP contribution is -2.48. The highest BCUT2D eigenvalue weighted by molar-refractivity contribution is 6.02. The molecule has 0 heterocycles. The average molecular weight is 232 g/mol. The minimum Gasteiger partial charge on any atom is -0.465 e. The molecule has 16 heavy (non-hydrogen) atoms. The summed E-state index contributed by atoms with van der Waals surface area (Å²) in [6.07, 6.45) is 0. The van der Waals surface area contributed by atoms with E-state index in [4.69, 9.17) is 5.73 Å². The molecule has 1 unspecified atom stereocenters. The fourth-order valence-corrected chi connectivity index (χ4v) is 0.820. The molecule has 0 radical (unpaired) electrons. The number of esters is 2. The van der Waals surface area contributed by atoms with Crippen molar-refractivity contribution in [2.45, 2.75) is 19.9 Å². The molecule has 1 atom stereocenters. The zero-order valence-electron chi connectivity index (χ0n) is 9.32. The van der Waals surface area contributed by atoms with Gasteiger partial charge in [-0.2, -0.15) is 0 Å². The Morgan fingerprint density at radius 2 is 1.75 bits per heavy atom. The molecule has 0 bridgehead atoms. The number of nitrogens with one attached hydrogen (secondary N) is 1. The van der Waals surface area contributed by atoms with Crippen LogP contribution >= 0.6 is 0 Å². The van der Waals surface area contributed by atoms with Gasteiger partial charge in [-0.1, -0.05) is 0 Å². The summed E-state index contributed by atoms with van der Waals surface area (Å²) in [7, 11) is 0. The standard InChI is InChI=1S/C9H16N2O5/c1-3-15-6(12)5-11-8(13)7(10)9(14)16-4-2/h7H,3-5,10H2,1-2H3,(H,11,13). The SMILES string of the molecule is CCOC(=O)CNC(=O)C(N)C(=O)OCC. The van der Waals surface area contributed by atoms with Crippen molar-refractivity contribution in [1.29, 1.82) is 0 Å². The molecule has 0 aliphatic rings. The minimum atomic E-state index is -1.42. The molecule has 0 saturated heterocycles. The van der Waals surface area contributed by atoms with E-state index in [9.17, 15) is 14.4 Å². The van der Waals surface area contributed by atoms with Crippen LogP contribution in [-0.4, -0.2) is 43.6 Å². The van der Waals surface area contributed by atoms with Crippen molar-refractivity contribution < 1.29 is 23.9 Å². The lowest BCUT2D eigenvalue weighted by molar-refractivity contribution is -0.149. The third-order valence-corrected chi connectivity index (χ3v) is 1.54. The summed E-state index contributed by atoms with van der Waals surface area (Å²) in [5.41, 5.74) is 5.27. The Morgan fingerprint density at radius 1 is 1.19 bits per heavy atom. The molecule has 3 N–H and O–H groups in total. The van der Waals surface area contributed by atoms with Gasteiger partial charge in [-0.25, -0.2) is 4.79 Å². The van der Waals surface area contributed by atoms with Gasteiger partial charge in [-0.3, -0.25) is 9.59 Å². The Kier molecular flexibility index (Phi) is 6.86. The largest absolute Gasteiger partial charge is 0.465 e. The van der Waals surface area contributed by atoms with Crippen molar-refractivity contribution in [2.75, 3.05) is 19.8 Å². The third-order valence-electron chi connectivity index (χ3n) is 1.54. The Bertz CT molecular complexity index is 267. The lowest BCUT2D eigenvalue weighted by atomic mass is 10.3. The number of carbonyl (C=O) groups excluding carboxylic acids is 3. The van der Waals surface area contributed by atoms with Crippen LogP contribution in [0.15, 0.2) is 0 Å². The molecule has 0 aromatic heterocycles. The summed E-state index contributed by atoms with van der Waals surface area (Å²) in [6.45, 7) is 3.28. The van der Waals surface area contributed by atoms with Gasteiger partial charge in [0.15, 0.2) is 6.04 Å². The molecule has 1 amide bonds. The van der Waals surface area contributed by atoms with Crippen molar-refractivity contribution in [3.8, 4) is 0 Å². The van der Waals surface area contributed by atoms with Gasteiger partial charge in [0.05, 0.1) is 13.2 Å². The quantitative estimate of drug-likeness (QED) is 0.429. The summed E-state index contributed by atoms with van der Waals surface area (Å²) >= 11 is 0. The van der Waals surface area contributed by atoms with Crippen molar-refractivity contribution in [1.82, 2.24) is 5.32 Å². The molecule has 0 rings (SSSR count). The predicted octanol–water partition coefficient (Wildman–Crippen LogP) is -1.44. The fraction of sp³-hybridized carbons (Fsp3) is 0.667. The van der Waals surface area contributed by atoms with Crippen LogP contribution in [0.2, 0.25) is 0 Å². The van der Waals surface area contributed by atoms with Gasteiger partial charge in [0.25, 0.3) is 0 Å². The highest BCUT2D eigenvalue weighted by Crippen LogP contribution is 1.86. The van der Waals surface area contributed by atoms with Crippen LogP contribution < -0.4 is 11.1 Å². The molecular formula is C9H16N2O5. The number of amides is 1. The van der Waals surface area contributed by atoms with Gasteiger partial charge < -0.3 is 20.5 Å². The number of rotatable bonds is 6. The smallest absolute Gasteiger partial charge is 0.332 e. The summed E-state index contributed by atoms with van der Waals surface area (Å²) in [5.74, 6) is -2.19. The van der Waals surface area contributed by atoms with E-state index in [2.05, 4.69) is 14.8 Å². The second kappa shape index (κ2) is 7.63. The van der Waals surface area contributed by atoms with Crippen LogP contribution in [0.1, 0.15) is 13.8 Å². The van der Waals surface area contributed by atoms with E-state index in [0.29, 0.717) is 0 Å². The van der Waals surface area contributed by atoms with E-state index in [-0.39, 0.29) is 19.8 Å². The van der Waals surface area contributed by atoms with Gasteiger partial charge in [-0.05, 0) is 13.8 Å². The van der Waals surface area contributed by atoms with E-state index in [1.54, 1.807) is 13.8 Å². The van der Waals surface area contributed by atoms with Crippen molar-refractivity contribution in [3.05, 3.63) is 0 Å². The van der Waals surface area contributed by atoms with Gasteiger partial charge in [-0.15, -0.1) is 0 Å². The van der Waals surface area contributed by atoms with Crippen molar-refractivity contribution in [2.24, 2.45) is 5.73 Å². The van der Waals surface area contributed by atoms with E-state index >= 15 is 0 Å². The highest BCUT2D eigenvalue weighted by atomic mass is 16.5. The number of carbonyl (C=O) groups is 3. The van der Waals surface area contributed by atoms with Crippen molar-refractivity contribution in [3.63, 3.8) is 0 Å². The number of hydrogen-bond donors (Lipinski definition) is 2. The first-order chi connectivity index (χ1) is 7.52. The highest BCUT2D eigenvalue weighted by Gasteiger charge is 2.23. The minimum absolute atomic E-state index is 0.137. The molecule has 92 valence electrons. The zero-order chi connectivity index (χ0) is 12.6. The van der Waals surface area contributed by atoms with Crippen LogP contribution in [0, 0.1) is 0 Å². The molecule has 0 aromatic carbocycles. The van der Waals surface area contributed by atoms with Gasteiger partial charge in [0, 0.05) is 0 Å².